The number of benzene rings is 2. The van der Waals surface area contributed by atoms with Crippen molar-refractivity contribution < 1.29 is 23.7 Å². The van der Waals surface area contributed by atoms with Gasteiger partial charge >= 0.3 is 0 Å². The van der Waals surface area contributed by atoms with E-state index in [9.17, 15) is 4.79 Å². The quantitative estimate of drug-likeness (QED) is 0.630. The van der Waals surface area contributed by atoms with Crippen molar-refractivity contribution in [3.8, 4) is 23.0 Å². The Morgan fingerprint density at radius 3 is 2.67 bits per heavy atom. The molecule has 0 saturated heterocycles. The van der Waals surface area contributed by atoms with Gasteiger partial charge in [-0.3, -0.25) is 4.79 Å². The van der Waals surface area contributed by atoms with E-state index in [2.05, 4.69) is 11.9 Å². The molecular weight excluding hydrogens is 382 g/mol. The molecule has 0 radical (unpaired) electrons. The van der Waals surface area contributed by atoms with Crippen LogP contribution in [0.5, 0.6) is 23.0 Å². The van der Waals surface area contributed by atoms with Crippen molar-refractivity contribution in [3.63, 3.8) is 0 Å². The van der Waals surface area contributed by atoms with Gasteiger partial charge in [0.05, 0.1) is 20.8 Å². The van der Waals surface area contributed by atoms with E-state index in [1.165, 1.54) is 0 Å². The van der Waals surface area contributed by atoms with Gasteiger partial charge < -0.3 is 24.3 Å². The lowest BCUT2D eigenvalue weighted by molar-refractivity contribution is 0.0950. The van der Waals surface area contributed by atoms with Crippen LogP contribution >= 0.6 is 0 Å². The molecule has 0 spiro atoms. The third-order valence-electron chi connectivity index (χ3n) is 5.00. The van der Waals surface area contributed by atoms with Crippen LogP contribution in [0.2, 0.25) is 0 Å². The number of methoxy groups -OCH3 is 2. The zero-order valence-corrected chi connectivity index (χ0v) is 18.0. The first kappa shape index (κ1) is 21.6. The SMILES string of the molecule is C=CCc1cc(C(=O)NCc2cc3c(cc2OCC)CC(C)O3)cc(OC)c1OC. The Morgan fingerprint density at radius 2 is 2.00 bits per heavy atom. The first-order valence-corrected chi connectivity index (χ1v) is 10.1. The van der Waals surface area contributed by atoms with E-state index in [1.807, 2.05) is 26.0 Å². The summed E-state index contributed by atoms with van der Waals surface area (Å²) in [4.78, 5) is 12.9. The zero-order valence-electron chi connectivity index (χ0n) is 18.0. The third-order valence-corrected chi connectivity index (χ3v) is 5.00. The number of hydrogen-bond donors (Lipinski definition) is 1. The summed E-state index contributed by atoms with van der Waals surface area (Å²) in [6.45, 7) is 8.64. The lowest BCUT2D eigenvalue weighted by Gasteiger charge is -2.16. The fourth-order valence-corrected chi connectivity index (χ4v) is 3.67. The Morgan fingerprint density at radius 1 is 1.20 bits per heavy atom. The molecule has 1 N–H and O–H groups in total. The van der Waals surface area contributed by atoms with Crippen molar-refractivity contribution in [2.45, 2.75) is 39.3 Å². The Labute approximate surface area is 177 Å². The van der Waals surface area contributed by atoms with Gasteiger partial charge in [0.25, 0.3) is 5.91 Å². The molecule has 1 atom stereocenters. The molecule has 2 aromatic rings. The molecule has 0 aliphatic carbocycles. The summed E-state index contributed by atoms with van der Waals surface area (Å²) < 4.78 is 22.5. The largest absolute Gasteiger partial charge is 0.494 e. The van der Waals surface area contributed by atoms with Gasteiger partial charge in [-0.05, 0) is 44.5 Å². The molecule has 1 aliphatic rings. The molecule has 1 aliphatic heterocycles. The maximum absolute atomic E-state index is 12.9. The van der Waals surface area contributed by atoms with Crippen LogP contribution in [-0.2, 0) is 19.4 Å². The molecule has 1 heterocycles. The van der Waals surface area contributed by atoms with Gasteiger partial charge in [-0.25, -0.2) is 0 Å². The van der Waals surface area contributed by atoms with Crippen molar-refractivity contribution >= 4 is 5.91 Å². The van der Waals surface area contributed by atoms with E-state index < -0.39 is 0 Å². The molecule has 3 rings (SSSR count). The average molecular weight is 411 g/mol. The molecule has 2 aromatic carbocycles. The van der Waals surface area contributed by atoms with Crippen LogP contribution in [-0.4, -0.2) is 32.8 Å². The maximum atomic E-state index is 12.9. The van der Waals surface area contributed by atoms with Crippen molar-refractivity contribution in [2.75, 3.05) is 20.8 Å². The summed E-state index contributed by atoms with van der Waals surface area (Å²) >= 11 is 0. The lowest BCUT2D eigenvalue weighted by Crippen LogP contribution is -2.23. The highest BCUT2D eigenvalue weighted by atomic mass is 16.5. The van der Waals surface area contributed by atoms with Crippen LogP contribution in [0.4, 0.5) is 0 Å². The summed E-state index contributed by atoms with van der Waals surface area (Å²) in [6.07, 6.45) is 3.34. The molecule has 0 saturated carbocycles. The highest BCUT2D eigenvalue weighted by molar-refractivity contribution is 5.95. The van der Waals surface area contributed by atoms with Crippen LogP contribution in [0.25, 0.3) is 0 Å². The van der Waals surface area contributed by atoms with Crippen molar-refractivity contribution in [1.29, 1.82) is 0 Å². The van der Waals surface area contributed by atoms with E-state index in [0.29, 0.717) is 36.6 Å². The number of hydrogen-bond acceptors (Lipinski definition) is 5. The third kappa shape index (κ3) is 4.53. The Hall–Kier alpha value is -3.15. The molecule has 1 unspecified atom stereocenters. The molecule has 30 heavy (non-hydrogen) atoms. The van der Waals surface area contributed by atoms with Gasteiger partial charge in [0, 0.05) is 35.2 Å². The Balaban J connectivity index is 1.83. The first-order chi connectivity index (χ1) is 14.5. The molecule has 6 nitrogen and oxygen atoms in total. The van der Waals surface area contributed by atoms with Gasteiger partial charge in [-0.15, -0.1) is 6.58 Å². The van der Waals surface area contributed by atoms with Crippen LogP contribution in [0.3, 0.4) is 0 Å². The fraction of sp³-hybridized carbons (Fsp3) is 0.375. The number of nitrogens with one attached hydrogen (secondary N) is 1. The fourth-order valence-electron chi connectivity index (χ4n) is 3.67. The van der Waals surface area contributed by atoms with Gasteiger partial charge in [-0.1, -0.05) is 6.08 Å². The second-order valence-corrected chi connectivity index (χ2v) is 7.18. The smallest absolute Gasteiger partial charge is 0.251 e. The van der Waals surface area contributed by atoms with E-state index >= 15 is 0 Å². The molecule has 0 bridgehead atoms. The van der Waals surface area contributed by atoms with Crippen LogP contribution in [0, 0.1) is 0 Å². The molecule has 0 aromatic heterocycles. The number of allylic oxidation sites excluding steroid dienone is 1. The molecule has 1 amide bonds. The van der Waals surface area contributed by atoms with E-state index in [1.54, 1.807) is 32.4 Å². The monoisotopic (exact) mass is 411 g/mol. The summed E-state index contributed by atoms with van der Waals surface area (Å²) in [6, 6.07) is 7.46. The maximum Gasteiger partial charge on any atom is 0.251 e. The van der Waals surface area contributed by atoms with E-state index in [0.717, 1.165) is 34.6 Å². The predicted molar refractivity (Wildman–Crippen MR) is 116 cm³/mol. The standard InChI is InChI=1S/C24H29NO5/c1-6-8-16-10-18(12-22(27-4)23(16)28-5)24(26)25-14-19-13-21-17(9-15(3)30-21)11-20(19)29-7-2/h6,10-13,15H,1,7-9,14H2,2-5H3,(H,25,26). The Bertz CT molecular complexity index is 938. The van der Waals surface area contributed by atoms with Crippen molar-refractivity contribution in [2.24, 2.45) is 0 Å². The van der Waals surface area contributed by atoms with Crippen LogP contribution in [0.15, 0.2) is 36.9 Å². The number of carbonyl (C=O) groups is 1. The normalized spacial score (nSPS) is 14.5. The second-order valence-electron chi connectivity index (χ2n) is 7.18. The summed E-state index contributed by atoms with van der Waals surface area (Å²) in [5.74, 6) is 2.54. The number of amides is 1. The van der Waals surface area contributed by atoms with E-state index in [-0.39, 0.29) is 12.0 Å². The molecule has 0 fully saturated rings. The predicted octanol–water partition coefficient (Wildman–Crippen LogP) is 4.08. The van der Waals surface area contributed by atoms with Crippen molar-refractivity contribution in [1.82, 2.24) is 5.32 Å². The summed E-state index contributed by atoms with van der Waals surface area (Å²) in [5, 5.41) is 2.98. The van der Waals surface area contributed by atoms with Gasteiger partial charge in [-0.2, -0.15) is 0 Å². The van der Waals surface area contributed by atoms with Crippen molar-refractivity contribution in [3.05, 3.63) is 59.2 Å². The van der Waals surface area contributed by atoms with Gasteiger partial charge in [0.1, 0.15) is 17.6 Å². The topological polar surface area (TPSA) is 66.0 Å². The van der Waals surface area contributed by atoms with Crippen LogP contribution in [0.1, 0.15) is 40.9 Å². The van der Waals surface area contributed by atoms with Gasteiger partial charge in [0.15, 0.2) is 11.5 Å². The Kier molecular flexibility index (Phi) is 6.87. The molecular formula is C24H29NO5. The minimum absolute atomic E-state index is 0.148. The number of ether oxygens (including phenoxy) is 4. The van der Waals surface area contributed by atoms with Gasteiger partial charge in [0.2, 0.25) is 0 Å². The number of fused-ring (bicyclic) bond motifs is 1. The highest BCUT2D eigenvalue weighted by Crippen LogP contribution is 2.36. The lowest BCUT2D eigenvalue weighted by atomic mass is 10.0. The summed E-state index contributed by atoms with van der Waals surface area (Å²) in [5.41, 5.74) is 3.35. The molecule has 160 valence electrons. The molecule has 6 heteroatoms. The first-order valence-electron chi connectivity index (χ1n) is 10.1. The number of carbonyl (C=O) groups excluding carboxylic acids is 1. The summed E-state index contributed by atoms with van der Waals surface area (Å²) in [7, 11) is 3.13. The second kappa shape index (κ2) is 9.57. The van der Waals surface area contributed by atoms with Crippen LogP contribution < -0.4 is 24.3 Å². The zero-order chi connectivity index (χ0) is 21.7. The average Bonchev–Trinajstić information content (AvgIpc) is 3.10. The highest BCUT2D eigenvalue weighted by Gasteiger charge is 2.22. The minimum atomic E-state index is -0.210. The number of rotatable bonds is 9. The van der Waals surface area contributed by atoms with E-state index in [4.69, 9.17) is 18.9 Å². The minimum Gasteiger partial charge on any atom is -0.494 e.